The minimum atomic E-state index is -0.0295. The van der Waals surface area contributed by atoms with E-state index in [2.05, 4.69) is 22.1 Å². The average Bonchev–Trinajstić information content (AvgIpc) is 2.98. The molecular weight excluding hydrogens is 324 g/mol. The summed E-state index contributed by atoms with van der Waals surface area (Å²) in [4.78, 5) is 12.0. The van der Waals surface area contributed by atoms with Gasteiger partial charge in [0.2, 0.25) is 5.91 Å². The van der Waals surface area contributed by atoms with E-state index in [0.29, 0.717) is 18.7 Å². The van der Waals surface area contributed by atoms with Gasteiger partial charge >= 0.3 is 0 Å². The first-order valence-corrected chi connectivity index (χ1v) is 8.76. The highest BCUT2D eigenvalue weighted by Crippen LogP contribution is 2.19. The molecule has 2 aromatic rings. The van der Waals surface area contributed by atoms with Crippen LogP contribution in [0.5, 0.6) is 5.75 Å². The average molecular weight is 346 g/mol. The van der Waals surface area contributed by atoms with Crippen molar-refractivity contribution in [3.63, 3.8) is 0 Å². The van der Waals surface area contributed by atoms with Crippen LogP contribution < -0.4 is 10.1 Å². The molecule has 2 rings (SSSR count). The van der Waals surface area contributed by atoms with Gasteiger partial charge in [-0.1, -0.05) is 24.8 Å². The summed E-state index contributed by atoms with van der Waals surface area (Å²) in [5.74, 6) is 2.30. The Morgan fingerprint density at radius 3 is 2.75 bits per heavy atom. The largest absolute Gasteiger partial charge is 0.497 e. The number of carbonyl (C=O) groups is 1. The molecule has 1 aromatic carbocycles. The molecule has 1 aromatic heterocycles. The highest BCUT2D eigenvalue weighted by Gasteiger charge is 2.11. The predicted molar refractivity (Wildman–Crippen MR) is 96.6 cm³/mol. The Morgan fingerprint density at radius 2 is 2.12 bits per heavy atom. The van der Waals surface area contributed by atoms with Crippen molar-refractivity contribution in [1.29, 1.82) is 0 Å². The highest BCUT2D eigenvalue weighted by molar-refractivity contribution is 7.99. The summed E-state index contributed by atoms with van der Waals surface area (Å²) in [5.41, 5.74) is 0.758. The molecule has 0 aliphatic rings. The van der Waals surface area contributed by atoms with Crippen molar-refractivity contribution in [3.8, 4) is 5.75 Å². The molecule has 0 spiro atoms. The summed E-state index contributed by atoms with van der Waals surface area (Å²) in [6.07, 6.45) is 3.04. The lowest BCUT2D eigenvalue weighted by Gasteiger charge is -2.07. The molecule has 0 atom stereocenters. The number of benzene rings is 1. The summed E-state index contributed by atoms with van der Waals surface area (Å²) in [6.45, 7) is 6.48. The summed E-state index contributed by atoms with van der Waals surface area (Å²) in [7, 11) is 1.61. The van der Waals surface area contributed by atoms with Gasteiger partial charge in [-0.3, -0.25) is 4.79 Å². The minimum Gasteiger partial charge on any atom is -0.497 e. The monoisotopic (exact) mass is 346 g/mol. The van der Waals surface area contributed by atoms with Crippen molar-refractivity contribution in [2.45, 2.75) is 31.5 Å². The Hall–Kier alpha value is -2.28. The van der Waals surface area contributed by atoms with E-state index in [1.807, 2.05) is 41.8 Å². The van der Waals surface area contributed by atoms with Crippen molar-refractivity contribution < 1.29 is 9.53 Å². The maximum atomic E-state index is 12.0. The molecule has 0 saturated heterocycles. The molecule has 1 heterocycles. The van der Waals surface area contributed by atoms with E-state index in [4.69, 9.17) is 4.74 Å². The Labute approximate surface area is 146 Å². The number of allylic oxidation sites excluding steroid dienone is 1. The number of methoxy groups -OCH3 is 1. The second-order valence-corrected chi connectivity index (χ2v) is 6.09. The van der Waals surface area contributed by atoms with Crippen LogP contribution in [0.25, 0.3) is 0 Å². The fourth-order valence-electron chi connectivity index (χ4n) is 2.13. The molecule has 0 radical (unpaired) electrons. The number of nitrogens with one attached hydrogen (secondary N) is 1. The Bertz CT molecular complexity index is 682. The zero-order valence-electron chi connectivity index (χ0n) is 14.0. The van der Waals surface area contributed by atoms with E-state index in [1.54, 1.807) is 7.11 Å². The van der Waals surface area contributed by atoms with E-state index in [-0.39, 0.29) is 5.91 Å². The molecule has 6 nitrogen and oxygen atoms in total. The van der Waals surface area contributed by atoms with Gasteiger partial charge in [-0.15, -0.1) is 16.8 Å². The lowest BCUT2D eigenvalue weighted by atomic mass is 10.3. The summed E-state index contributed by atoms with van der Waals surface area (Å²) < 4.78 is 7.12. The molecule has 7 heteroatoms. The molecule has 1 N–H and O–H groups in total. The molecule has 0 aliphatic heterocycles. The topological polar surface area (TPSA) is 69.0 Å². The number of ether oxygens (including phenoxy) is 1. The zero-order chi connectivity index (χ0) is 17.4. The van der Waals surface area contributed by atoms with Gasteiger partial charge < -0.3 is 14.6 Å². The number of amides is 1. The van der Waals surface area contributed by atoms with Crippen LogP contribution in [0, 0.1) is 0 Å². The summed E-state index contributed by atoms with van der Waals surface area (Å²) in [5, 5.41) is 12.0. The number of hydrogen-bond donors (Lipinski definition) is 1. The van der Waals surface area contributed by atoms with Crippen molar-refractivity contribution in [3.05, 3.63) is 42.7 Å². The smallest absolute Gasteiger partial charge is 0.225 e. The number of carbonyl (C=O) groups excluding carboxylic acids is 1. The normalized spacial score (nSPS) is 10.4. The van der Waals surface area contributed by atoms with Gasteiger partial charge in [-0.2, -0.15) is 0 Å². The molecule has 0 fully saturated rings. The molecule has 0 bridgehead atoms. The summed E-state index contributed by atoms with van der Waals surface area (Å²) in [6, 6.07) is 7.26. The number of thioether (sulfide) groups is 1. The second-order valence-electron chi connectivity index (χ2n) is 5.03. The molecule has 1 amide bonds. The standard InChI is InChI=1S/C17H22N4O2S/c1-4-11-21-15(5-2)19-20-17(21)24-12-10-16(22)18-13-6-8-14(23-3)9-7-13/h4,6-9H,1,5,10-12H2,2-3H3,(H,18,22). The molecular formula is C17H22N4O2S. The Kier molecular flexibility index (Phi) is 6.87. The van der Waals surface area contributed by atoms with E-state index in [1.165, 1.54) is 11.8 Å². The minimum absolute atomic E-state index is 0.0295. The van der Waals surface area contributed by atoms with E-state index >= 15 is 0 Å². The van der Waals surface area contributed by atoms with Crippen molar-refractivity contribution in [1.82, 2.24) is 14.8 Å². The van der Waals surface area contributed by atoms with Gasteiger partial charge in [0, 0.05) is 30.8 Å². The van der Waals surface area contributed by atoms with Crippen LogP contribution in [0.2, 0.25) is 0 Å². The number of anilines is 1. The summed E-state index contributed by atoms with van der Waals surface area (Å²) >= 11 is 1.53. The molecule has 0 saturated carbocycles. The first-order chi connectivity index (χ1) is 11.7. The number of rotatable bonds is 9. The van der Waals surface area contributed by atoms with E-state index in [9.17, 15) is 4.79 Å². The van der Waals surface area contributed by atoms with Crippen molar-refractivity contribution in [2.75, 3.05) is 18.2 Å². The van der Waals surface area contributed by atoms with Gasteiger partial charge in [0.15, 0.2) is 5.16 Å². The third-order valence-electron chi connectivity index (χ3n) is 3.36. The van der Waals surface area contributed by atoms with Crippen LogP contribution in [-0.2, 0) is 17.8 Å². The SMILES string of the molecule is C=CCn1c(CC)nnc1SCCC(=O)Nc1ccc(OC)cc1. The van der Waals surface area contributed by atoms with Crippen molar-refractivity contribution >= 4 is 23.4 Å². The van der Waals surface area contributed by atoms with Gasteiger partial charge in [0.25, 0.3) is 0 Å². The highest BCUT2D eigenvalue weighted by atomic mass is 32.2. The number of aryl methyl sites for hydroxylation is 1. The Morgan fingerprint density at radius 1 is 1.38 bits per heavy atom. The maximum absolute atomic E-state index is 12.0. The van der Waals surface area contributed by atoms with Gasteiger partial charge in [-0.25, -0.2) is 0 Å². The fourth-order valence-corrected chi connectivity index (χ4v) is 3.04. The second kappa shape index (κ2) is 9.12. The van der Waals surface area contributed by atoms with Gasteiger partial charge in [0.05, 0.1) is 7.11 Å². The van der Waals surface area contributed by atoms with Crippen LogP contribution in [0.1, 0.15) is 19.2 Å². The third kappa shape index (κ3) is 4.86. The first kappa shape index (κ1) is 18.1. The lowest BCUT2D eigenvalue weighted by molar-refractivity contribution is -0.115. The van der Waals surface area contributed by atoms with E-state index in [0.717, 1.165) is 28.8 Å². The number of aromatic nitrogens is 3. The molecule has 128 valence electrons. The van der Waals surface area contributed by atoms with E-state index < -0.39 is 0 Å². The zero-order valence-corrected chi connectivity index (χ0v) is 14.8. The van der Waals surface area contributed by atoms with Gasteiger partial charge in [-0.05, 0) is 24.3 Å². The maximum Gasteiger partial charge on any atom is 0.225 e. The fraction of sp³-hybridized carbons (Fsp3) is 0.353. The lowest BCUT2D eigenvalue weighted by Crippen LogP contribution is -2.12. The molecule has 0 aliphatic carbocycles. The van der Waals surface area contributed by atoms with Crippen LogP contribution >= 0.6 is 11.8 Å². The number of nitrogens with zero attached hydrogens (tertiary/aromatic N) is 3. The third-order valence-corrected chi connectivity index (χ3v) is 4.32. The van der Waals surface area contributed by atoms with Crippen LogP contribution in [0.3, 0.4) is 0 Å². The number of hydrogen-bond acceptors (Lipinski definition) is 5. The first-order valence-electron chi connectivity index (χ1n) is 7.77. The van der Waals surface area contributed by atoms with Crippen LogP contribution in [0.4, 0.5) is 5.69 Å². The Balaban J connectivity index is 1.84. The predicted octanol–water partition coefficient (Wildman–Crippen LogP) is 3.16. The van der Waals surface area contributed by atoms with Gasteiger partial charge in [0.1, 0.15) is 11.6 Å². The van der Waals surface area contributed by atoms with Crippen LogP contribution in [-0.4, -0.2) is 33.5 Å². The van der Waals surface area contributed by atoms with Crippen LogP contribution in [0.15, 0.2) is 42.1 Å². The molecule has 0 unspecified atom stereocenters. The molecule has 24 heavy (non-hydrogen) atoms. The quantitative estimate of drug-likeness (QED) is 0.558. The van der Waals surface area contributed by atoms with Crippen molar-refractivity contribution in [2.24, 2.45) is 0 Å².